The van der Waals surface area contributed by atoms with E-state index in [1.807, 2.05) is 6.92 Å². The number of hydrogen-bond donors (Lipinski definition) is 0. The molecule has 0 rings (SSSR count). The molecule has 0 saturated heterocycles. The Kier molecular flexibility index (Phi) is 3.78. The van der Waals surface area contributed by atoms with Gasteiger partial charge in [-0.1, -0.05) is 20.8 Å². The van der Waals surface area contributed by atoms with Crippen molar-refractivity contribution < 1.29 is 4.79 Å². The Morgan fingerprint density at radius 1 is 1.44 bits per heavy atom. The zero-order chi connectivity index (χ0) is 7.44. The summed E-state index contributed by atoms with van der Waals surface area (Å²) in [6, 6.07) is 0. The van der Waals surface area contributed by atoms with E-state index in [-0.39, 0.29) is 11.0 Å². The van der Waals surface area contributed by atoms with E-state index >= 15 is 0 Å². The summed E-state index contributed by atoms with van der Waals surface area (Å²) >= 11 is 4.48. The first kappa shape index (κ1) is 8.89. The van der Waals surface area contributed by atoms with Gasteiger partial charge in [0.05, 0.1) is 0 Å². The van der Waals surface area contributed by atoms with Crippen LogP contribution in [0, 0.1) is 11.8 Å². The van der Waals surface area contributed by atoms with Crippen molar-refractivity contribution in [2.45, 2.75) is 27.2 Å². The van der Waals surface area contributed by atoms with Gasteiger partial charge < -0.3 is 0 Å². The summed E-state index contributed by atoms with van der Waals surface area (Å²) in [5.41, 5.74) is 0. The highest BCUT2D eigenvalue weighted by atomic mass is 32.1. The lowest BCUT2D eigenvalue weighted by molar-refractivity contribution is -0.114. The van der Waals surface area contributed by atoms with E-state index in [4.69, 9.17) is 0 Å². The van der Waals surface area contributed by atoms with Gasteiger partial charge in [0.15, 0.2) is 0 Å². The summed E-state index contributed by atoms with van der Waals surface area (Å²) < 4.78 is 0. The Hall–Kier alpha value is -0.110. The third-order valence-corrected chi connectivity index (χ3v) is 1.63. The summed E-state index contributed by atoms with van der Waals surface area (Å²) in [6.07, 6.45) is 0.919. The summed E-state index contributed by atoms with van der Waals surface area (Å²) in [6.45, 7) is 6.07. The van der Waals surface area contributed by atoms with Gasteiger partial charge in [-0.15, -0.1) is 0 Å². The molecular weight excluding hydrogens is 132 g/mol. The van der Waals surface area contributed by atoms with Crippen molar-refractivity contribution in [1.82, 2.24) is 0 Å². The molecule has 9 heavy (non-hydrogen) atoms. The summed E-state index contributed by atoms with van der Waals surface area (Å²) in [5, 5.41) is -0.108. The zero-order valence-electron chi connectivity index (χ0n) is 6.18. The molecule has 1 atom stereocenters. The van der Waals surface area contributed by atoms with Crippen LogP contribution in [0.5, 0.6) is 0 Å². The van der Waals surface area contributed by atoms with E-state index in [1.54, 1.807) is 0 Å². The Bertz CT molecular complexity index is 99.1. The molecule has 0 fully saturated rings. The maximum absolute atomic E-state index is 10.5. The number of carbonyl (C=O) groups excluding carboxylic acids is 1. The summed E-state index contributed by atoms with van der Waals surface area (Å²) in [5.74, 6) is 0.645. The molecule has 0 aliphatic rings. The molecule has 1 radical (unpaired) electrons. The second-order valence-corrected chi connectivity index (χ2v) is 3.25. The molecular formula is C7H13OS. The van der Waals surface area contributed by atoms with Gasteiger partial charge in [0, 0.05) is 5.92 Å². The van der Waals surface area contributed by atoms with Gasteiger partial charge in [-0.25, -0.2) is 0 Å². The van der Waals surface area contributed by atoms with E-state index in [2.05, 4.69) is 26.5 Å². The minimum absolute atomic E-state index is 0.0694. The highest BCUT2D eigenvalue weighted by molar-refractivity contribution is 7.96. The van der Waals surface area contributed by atoms with E-state index in [0.29, 0.717) is 5.92 Å². The van der Waals surface area contributed by atoms with Gasteiger partial charge in [-0.3, -0.25) is 4.79 Å². The molecule has 0 aromatic carbocycles. The fourth-order valence-corrected chi connectivity index (χ4v) is 0.900. The Morgan fingerprint density at radius 3 is 2.00 bits per heavy atom. The van der Waals surface area contributed by atoms with Crippen LogP contribution in [-0.2, 0) is 4.79 Å². The number of carbonyl (C=O) groups is 1. The predicted octanol–water partition coefficient (Wildman–Crippen LogP) is 2.39. The molecule has 0 aromatic rings. The molecule has 1 unspecified atom stereocenters. The van der Waals surface area contributed by atoms with Crippen LogP contribution in [0.4, 0.5) is 0 Å². The fourth-order valence-electron chi connectivity index (χ4n) is 0.803. The van der Waals surface area contributed by atoms with Crippen LogP contribution in [-0.4, -0.2) is 5.12 Å². The van der Waals surface area contributed by atoms with Crippen LogP contribution in [0.2, 0.25) is 0 Å². The second-order valence-electron chi connectivity index (χ2n) is 2.85. The van der Waals surface area contributed by atoms with E-state index in [9.17, 15) is 4.79 Å². The maximum Gasteiger partial charge on any atom is 0.221 e. The average Bonchev–Trinajstić information content (AvgIpc) is 1.63. The van der Waals surface area contributed by atoms with Gasteiger partial charge in [-0.05, 0) is 25.0 Å². The topological polar surface area (TPSA) is 17.1 Å². The molecule has 0 heterocycles. The maximum atomic E-state index is 10.5. The lowest BCUT2D eigenvalue weighted by atomic mass is 10.0. The molecule has 53 valence electrons. The normalized spacial score (nSPS) is 13.8. The first-order valence-electron chi connectivity index (χ1n) is 3.25. The van der Waals surface area contributed by atoms with Gasteiger partial charge >= 0.3 is 0 Å². The molecule has 0 saturated carbocycles. The van der Waals surface area contributed by atoms with Crippen LogP contribution >= 0.6 is 12.6 Å². The average molecular weight is 145 g/mol. The molecule has 0 N–H and O–H groups in total. The standard InChI is InChI=1S/C7H13OS/c1-5(2)4-6(3)7(8)9/h5-6H,4H2,1-3H3. The van der Waals surface area contributed by atoms with Gasteiger partial charge in [-0.2, -0.15) is 0 Å². The Labute approximate surface area is 62.2 Å². The number of rotatable bonds is 3. The zero-order valence-corrected chi connectivity index (χ0v) is 6.99. The second kappa shape index (κ2) is 3.83. The van der Waals surface area contributed by atoms with Crippen molar-refractivity contribution in [2.24, 2.45) is 11.8 Å². The third kappa shape index (κ3) is 4.40. The SMILES string of the molecule is CC(C)CC(C)C(=O)[S]. The molecule has 1 nitrogen and oxygen atoms in total. The quantitative estimate of drug-likeness (QED) is 0.596. The molecule has 0 aliphatic carbocycles. The number of hydrogen-bond acceptors (Lipinski definition) is 1. The van der Waals surface area contributed by atoms with Gasteiger partial charge in [0.1, 0.15) is 0 Å². The molecule has 2 heteroatoms. The van der Waals surface area contributed by atoms with Crippen molar-refractivity contribution in [2.75, 3.05) is 0 Å². The van der Waals surface area contributed by atoms with Crippen LogP contribution in [0.3, 0.4) is 0 Å². The first-order chi connectivity index (χ1) is 4.04. The van der Waals surface area contributed by atoms with Crippen LogP contribution < -0.4 is 0 Å². The van der Waals surface area contributed by atoms with Gasteiger partial charge in [0.25, 0.3) is 0 Å². The lowest BCUT2D eigenvalue weighted by Gasteiger charge is -2.07. The van der Waals surface area contributed by atoms with Crippen molar-refractivity contribution in [3.63, 3.8) is 0 Å². The summed E-state index contributed by atoms with van der Waals surface area (Å²) in [4.78, 5) is 10.5. The summed E-state index contributed by atoms with van der Waals surface area (Å²) in [7, 11) is 0. The van der Waals surface area contributed by atoms with Crippen molar-refractivity contribution in [1.29, 1.82) is 0 Å². The smallest absolute Gasteiger partial charge is 0.221 e. The van der Waals surface area contributed by atoms with Gasteiger partial charge in [0.2, 0.25) is 5.12 Å². The molecule has 0 spiro atoms. The highest BCUT2D eigenvalue weighted by Crippen LogP contribution is 2.12. The largest absolute Gasteiger partial charge is 0.282 e. The molecule has 0 bridgehead atoms. The fraction of sp³-hybridized carbons (Fsp3) is 0.857. The van der Waals surface area contributed by atoms with E-state index < -0.39 is 0 Å². The van der Waals surface area contributed by atoms with E-state index in [1.165, 1.54) is 0 Å². The highest BCUT2D eigenvalue weighted by Gasteiger charge is 2.10. The Balaban J connectivity index is 3.50. The van der Waals surface area contributed by atoms with Crippen LogP contribution in [0.15, 0.2) is 0 Å². The minimum Gasteiger partial charge on any atom is -0.282 e. The monoisotopic (exact) mass is 145 g/mol. The van der Waals surface area contributed by atoms with Crippen LogP contribution in [0.1, 0.15) is 27.2 Å². The van der Waals surface area contributed by atoms with E-state index in [0.717, 1.165) is 6.42 Å². The minimum atomic E-state index is -0.108. The molecule has 0 aliphatic heterocycles. The first-order valence-corrected chi connectivity index (χ1v) is 3.65. The van der Waals surface area contributed by atoms with Crippen molar-refractivity contribution >= 4 is 17.7 Å². The predicted molar refractivity (Wildman–Crippen MR) is 41.2 cm³/mol. The van der Waals surface area contributed by atoms with Crippen molar-refractivity contribution in [3.8, 4) is 0 Å². The lowest BCUT2D eigenvalue weighted by Crippen LogP contribution is -2.06. The van der Waals surface area contributed by atoms with Crippen molar-refractivity contribution in [3.05, 3.63) is 0 Å². The molecule has 0 aromatic heterocycles. The van der Waals surface area contributed by atoms with Crippen LogP contribution in [0.25, 0.3) is 0 Å². The molecule has 0 amide bonds. The third-order valence-electron chi connectivity index (χ3n) is 1.23. The Morgan fingerprint density at radius 2 is 1.89 bits per heavy atom.